The largest absolute Gasteiger partial charge is 0.372 e. The van der Waals surface area contributed by atoms with Crippen molar-refractivity contribution in [1.29, 1.82) is 0 Å². The normalized spacial score (nSPS) is 11.3. The molecule has 11 aromatic carbocycles. The standard InChI is InChI=1S/C70H60N2O4/c1-5-17-53(18-6-1)45-73-49-57-29-37-61(38-30-57)71(62-39-31-58(32-40-62)50-74-46-54-19-7-2-8-20-54)69-65-25-13-15-27-67(65)70(68-28-16-14-26-66(68)69)72(63-41-33-59(34-42-63)51-75-47-55-21-9-3-10-22-55)64-43-35-60(36-44-64)52-76-48-56-23-11-4-12-24-56/h1-44H,45-52H2. The van der Waals surface area contributed by atoms with Gasteiger partial charge < -0.3 is 28.7 Å². The lowest BCUT2D eigenvalue weighted by Gasteiger charge is -2.33. The number of anilines is 6. The molecule has 0 fully saturated rings. The molecule has 6 heteroatoms. The van der Waals surface area contributed by atoms with Crippen molar-refractivity contribution in [2.45, 2.75) is 52.9 Å². The molecule has 0 bridgehead atoms. The fourth-order valence-corrected chi connectivity index (χ4v) is 9.79. The van der Waals surface area contributed by atoms with E-state index in [9.17, 15) is 0 Å². The third kappa shape index (κ3) is 12.1. The number of hydrogen-bond acceptors (Lipinski definition) is 6. The van der Waals surface area contributed by atoms with E-state index in [-0.39, 0.29) is 0 Å². The Balaban J connectivity index is 0.985. The molecule has 6 nitrogen and oxygen atoms in total. The predicted molar refractivity (Wildman–Crippen MR) is 311 cm³/mol. The molecular weight excluding hydrogens is 933 g/mol. The first-order chi connectivity index (χ1) is 37.7. The van der Waals surface area contributed by atoms with Gasteiger partial charge in [-0.2, -0.15) is 0 Å². The van der Waals surface area contributed by atoms with E-state index in [1.807, 2.05) is 72.8 Å². The van der Waals surface area contributed by atoms with Crippen LogP contribution in [0.4, 0.5) is 34.1 Å². The highest BCUT2D eigenvalue weighted by Crippen LogP contribution is 2.51. The number of nitrogens with zero attached hydrogens (tertiary/aromatic N) is 2. The average molecular weight is 993 g/mol. The average Bonchev–Trinajstić information content (AvgIpc) is 3.52. The molecule has 0 aromatic heterocycles. The molecule has 0 N–H and O–H groups in total. The molecular formula is C70H60N2O4. The van der Waals surface area contributed by atoms with E-state index in [4.69, 9.17) is 18.9 Å². The highest BCUT2D eigenvalue weighted by atomic mass is 16.5. The van der Waals surface area contributed by atoms with Crippen LogP contribution in [0, 0.1) is 0 Å². The summed E-state index contributed by atoms with van der Waals surface area (Å²) in [6.45, 7) is 4.24. The Bertz CT molecular complexity index is 3080. The van der Waals surface area contributed by atoms with Crippen LogP contribution in [-0.2, 0) is 71.8 Å². The van der Waals surface area contributed by atoms with Crippen molar-refractivity contribution in [3.63, 3.8) is 0 Å². The van der Waals surface area contributed by atoms with Crippen LogP contribution in [-0.4, -0.2) is 0 Å². The maximum atomic E-state index is 6.21. The van der Waals surface area contributed by atoms with Crippen molar-refractivity contribution < 1.29 is 18.9 Å². The van der Waals surface area contributed by atoms with Crippen LogP contribution >= 0.6 is 0 Å². The predicted octanol–water partition coefficient (Wildman–Crippen LogP) is 17.8. The van der Waals surface area contributed by atoms with E-state index in [0.29, 0.717) is 52.9 Å². The Kier molecular flexibility index (Phi) is 16.1. The van der Waals surface area contributed by atoms with Crippen molar-refractivity contribution in [3.8, 4) is 0 Å². The van der Waals surface area contributed by atoms with Gasteiger partial charge in [-0.05, 0) is 93.0 Å². The molecule has 0 spiro atoms. The molecule has 0 aliphatic carbocycles. The van der Waals surface area contributed by atoms with E-state index >= 15 is 0 Å². The molecule has 0 aliphatic heterocycles. The van der Waals surface area contributed by atoms with Crippen LogP contribution in [0.25, 0.3) is 21.5 Å². The summed E-state index contributed by atoms with van der Waals surface area (Å²) < 4.78 is 24.8. The smallest absolute Gasteiger partial charge is 0.0721 e. The van der Waals surface area contributed by atoms with E-state index in [1.54, 1.807) is 0 Å². The zero-order valence-corrected chi connectivity index (χ0v) is 42.6. The van der Waals surface area contributed by atoms with Gasteiger partial charge in [-0.1, -0.05) is 218 Å². The Morgan fingerprint density at radius 2 is 0.355 bits per heavy atom. The lowest BCUT2D eigenvalue weighted by atomic mass is 9.95. The van der Waals surface area contributed by atoms with Crippen molar-refractivity contribution >= 4 is 55.7 Å². The van der Waals surface area contributed by atoms with Gasteiger partial charge in [0.15, 0.2) is 0 Å². The Labute approximate surface area is 446 Å². The van der Waals surface area contributed by atoms with Crippen LogP contribution < -0.4 is 9.80 Å². The van der Waals surface area contributed by atoms with Gasteiger partial charge in [-0.3, -0.25) is 0 Å². The fourth-order valence-electron chi connectivity index (χ4n) is 9.79. The molecule has 374 valence electrons. The second-order valence-corrected chi connectivity index (χ2v) is 19.0. The third-order valence-electron chi connectivity index (χ3n) is 13.6. The van der Waals surface area contributed by atoms with E-state index in [1.165, 1.54) is 0 Å². The Morgan fingerprint density at radius 1 is 0.184 bits per heavy atom. The Morgan fingerprint density at radius 3 is 0.553 bits per heavy atom. The minimum atomic E-state index is 0.507. The zero-order chi connectivity index (χ0) is 51.1. The summed E-state index contributed by atoms with van der Waals surface area (Å²) in [7, 11) is 0. The summed E-state index contributed by atoms with van der Waals surface area (Å²) in [4.78, 5) is 4.83. The van der Waals surface area contributed by atoms with Crippen molar-refractivity contribution in [2.75, 3.05) is 9.80 Å². The first-order valence-corrected chi connectivity index (χ1v) is 26.1. The molecule has 0 saturated carbocycles. The maximum absolute atomic E-state index is 6.21. The fraction of sp³-hybridized carbons (Fsp3) is 0.114. The maximum Gasteiger partial charge on any atom is 0.0721 e. The van der Waals surface area contributed by atoms with Crippen LogP contribution in [0.5, 0.6) is 0 Å². The van der Waals surface area contributed by atoms with Gasteiger partial charge >= 0.3 is 0 Å². The van der Waals surface area contributed by atoms with Gasteiger partial charge in [-0.25, -0.2) is 0 Å². The lowest BCUT2D eigenvalue weighted by Crippen LogP contribution is -2.15. The van der Waals surface area contributed by atoms with Crippen LogP contribution in [0.2, 0.25) is 0 Å². The molecule has 0 saturated heterocycles. The van der Waals surface area contributed by atoms with Gasteiger partial charge in [0.05, 0.1) is 64.2 Å². The Hall–Kier alpha value is -8.62. The van der Waals surface area contributed by atoms with Crippen molar-refractivity contribution in [3.05, 3.63) is 311 Å². The molecule has 0 unspecified atom stereocenters. The third-order valence-corrected chi connectivity index (χ3v) is 13.6. The molecule has 0 aliphatic rings. The number of fused-ring (bicyclic) bond motifs is 2. The summed E-state index contributed by atoms with van der Waals surface area (Å²) in [6, 6.07) is 94.3. The van der Waals surface area contributed by atoms with E-state index in [0.717, 1.165) is 100 Å². The topological polar surface area (TPSA) is 43.4 Å². The summed E-state index contributed by atoms with van der Waals surface area (Å²) >= 11 is 0. The summed E-state index contributed by atoms with van der Waals surface area (Å²) in [5.41, 5.74) is 15.4. The second-order valence-electron chi connectivity index (χ2n) is 19.0. The SMILES string of the molecule is c1ccc(COCc2ccc(N(c3ccc(COCc4ccccc4)cc3)c3c4ccccc4c(N(c4ccc(COCc5ccccc5)cc4)c4ccc(COCc5ccccc5)cc4)c4ccccc34)cc2)cc1. The summed E-state index contributed by atoms with van der Waals surface area (Å²) in [5.74, 6) is 0. The van der Waals surface area contributed by atoms with Gasteiger partial charge in [0.25, 0.3) is 0 Å². The van der Waals surface area contributed by atoms with Gasteiger partial charge in [0, 0.05) is 44.3 Å². The van der Waals surface area contributed by atoms with Gasteiger partial charge in [0.1, 0.15) is 0 Å². The van der Waals surface area contributed by atoms with E-state index < -0.39 is 0 Å². The molecule has 76 heavy (non-hydrogen) atoms. The minimum absolute atomic E-state index is 0.507. The lowest BCUT2D eigenvalue weighted by molar-refractivity contribution is 0.107. The molecule has 0 amide bonds. The number of ether oxygens (including phenoxy) is 4. The summed E-state index contributed by atoms with van der Waals surface area (Å²) in [5, 5.41) is 4.46. The van der Waals surface area contributed by atoms with Crippen LogP contribution in [0.15, 0.2) is 267 Å². The highest BCUT2D eigenvalue weighted by Gasteiger charge is 2.25. The second kappa shape index (κ2) is 24.6. The molecule has 0 heterocycles. The molecule has 0 atom stereocenters. The number of benzene rings is 11. The number of rotatable bonds is 22. The van der Waals surface area contributed by atoms with E-state index in [2.05, 4.69) is 204 Å². The van der Waals surface area contributed by atoms with Gasteiger partial charge in [-0.15, -0.1) is 0 Å². The first kappa shape index (κ1) is 49.6. The van der Waals surface area contributed by atoms with Crippen LogP contribution in [0.3, 0.4) is 0 Å². The number of hydrogen-bond donors (Lipinski definition) is 0. The zero-order valence-electron chi connectivity index (χ0n) is 42.6. The van der Waals surface area contributed by atoms with Crippen LogP contribution in [0.1, 0.15) is 44.5 Å². The quantitative estimate of drug-likeness (QED) is 0.0498. The van der Waals surface area contributed by atoms with Crippen molar-refractivity contribution in [2.24, 2.45) is 0 Å². The monoisotopic (exact) mass is 992 g/mol. The van der Waals surface area contributed by atoms with Gasteiger partial charge in [0.2, 0.25) is 0 Å². The molecule has 0 radical (unpaired) electrons. The van der Waals surface area contributed by atoms with Crippen molar-refractivity contribution in [1.82, 2.24) is 0 Å². The highest BCUT2D eigenvalue weighted by molar-refractivity contribution is 6.23. The minimum Gasteiger partial charge on any atom is -0.372 e. The summed E-state index contributed by atoms with van der Waals surface area (Å²) in [6.07, 6.45) is 0. The molecule has 11 rings (SSSR count). The molecule has 11 aromatic rings. The first-order valence-electron chi connectivity index (χ1n) is 26.1.